The van der Waals surface area contributed by atoms with Crippen molar-refractivity contribution in [3.63, 3.8) is 0 Å². The first-order chi connectivity index (χ1) is 11.7. The third-order valence-electron chi connectivity index (χ3n) is 4.60. The number of esters is 1. The summed E-state index contributed by atoms with van der Waals surface area (Å²) in [6.07, 6.45) is 1.77. The Morgan fingerprint density at radius 3 is 2.12 bits per heavy atom. The van der Waals surface area contributed by atoms with Crippen molar-refractivity contribution in [2.24, 2.45) is 0 Å². The molecule has 26 heavy (non-hydrogen) atoms. The molecule has 0 spiro atoms. The van der Waals surface area contributed by atoms with Gasteiger partial charge in [-0.2, -0.15) is 0 Å². The maximum atomic E-state index is 11.3. The molecule has 0 heterocycles. The predicted molar refractivity (Wildman–Crippen MR) is 116 cm³/mol. The minimum atomic E-state index is -2.30. The molecule has 0 aromatic carbocycles. The second kappa shape index (κ2) is 10.9. The van der Waals surface area contributed by atoms with Crippen LogP contribution in [0.2, 0.25) is 51.0 Å². The fourth-order valence-electron chi connectivity index (χ4n) is 2.75. The SMILES string of the molecule is C=CC(=O)OCC(CO[Si](C)(C)O[Si](C)(C)C(C)[Si](C)(C)C)OCCC. The quantitative estimate of drug-likeness (QED) is 0.245. The van der Waals surface area contributed by atoms with Crippen LogP contribution < -0.4 is 0 Å². The van der Waals surface area contributed by atoms with Crippen LogP contribution in [0.1, 0.15) is 20.3 Å². The van der Waals surface area contributed by atoms with Crippen molar-refractivity contribution in [3.05, 3.63) is 12.7 Å². The average Bonchev–Trinajstić information content (AvgIpc) is 2.51. The Bertz CT molecular complexity index is 447. The van der Waals surface area contributed by atoms with Gasteiger partial charge < -0.3 is 18.0 Å². The first-order valence-corrected chi connectivity index (χ1v) is 18.9. The van der Waals surface area contributed by atoms with Gasteiger partial charge in [-0.05, 0) is 37.8 Å². The van der Waals surface area contributed by atoms with Crippen LogP contribution in [0, 0.1) is 0 Å². The highest BCUT2D eigenvalue weighted by Gasteiger charge is 2.43. The summed E-state index contributed by atoms with van der Waals surface area (Å²) < 4.78 is 23.7. The lowest BCUT2D eigenvalue weighted by Gasteiger charge is -2.42. The van der Waals surface area contributed by atoms with Crippen molar-refractivity contribution >= 4 is 30.9 Å². The van der Waals surface area contributed by atoms with Gasteiger partial charge >= 0.3 is 14.5 Å². The van der Waals surface area contributed by atoms with E-state index in [9.17, 15) is 4.79 Å². The molecule has 0 saturated heterocycles. The number of carbonyl (C=O) groups excluding carboxylic acids is 1. The Hall–Kier alpha value is -0.259. The van der Waals surface area contributed by atoms with Crippen LogP contribution in [0.4, 0.5) is 0 Å². The smallest absolute Gasteiger partial charge is 0.330 e. The van der Waals surface area contributed by atoms with Crippen LogP contribution in [0.15, 0.2) is 12.7 Å². The summed E-state index contributed by atoms with van der Waals surface area (Å²) in [5, 5.41) is 0.631. The Morgan fingerprint density at radius 2 is 1.65 bits per heavy atom. The van der Waals surface area contributed by atoms with Gasteiger partial charge in [0.05, 0.1) is 6.61 Å². The zero-order chi connectivity index (χ0) is 20.6. The molecule has 0 saturated carbocycles. The van der Waals surface area contributed by atoms with Crippen molar-refractivity contribution in [1.29, 1.82) is 0 Å². The van der Waals surface area contributed by atoms with Crippen LogP contribution in [0.3, 0.4) is 0 Å². The standard InChI is InChI=1S/C18H40O5Si3/c1-11-13-20-17(14-21-18(19)12-2)15-22-26(9,10)23-25(7,8)16(3)24(4,5)6/h12,16-17H,2,11,13-15H2,1,3-10H3. The summed E-state index contributed by atoms with van der Waals surface area (Å²) in [6.45, 7) is 24.9. The highest BCUT2D eigenvalue weighted by Crippen LogP contribution is 2.34. The monoisotopic (exact) mass is 420 g/mol. The molecule has 2 unspecified atom stereocenters. The Labute approximate surface area is 163 Å². The molecule has 0 aromatic heterocycles. The van der Waals surface area contributed by atoms with Crippen molar-refractivity contribution in [1.82, 2.24) is 0 Å². The number of hydrogen-bond acceptors (Lipinski definition) is 5. The van der Waals surface area contributed by atoms with Crippen molar-refractivity contribution < 1.29 is 22.8 Å². The lowest BCUT2D eigenvalue weighted by atomic mass is 10.4. The average molecular weight is 421 g/mol. The van der Waals surface area contributed by atoms with Crippen LogP contribution >= 0.6 is 0 Å². The van der Waals surface area contributed by atoms with E-state index in [0.717, 1.165) is 12.5 Å². The first kappa shape index (κ1) is 25.7. The van der Waals surface area contributed by atoms with Crippen molar-refractivity contribution in [2.45, 2.75) is 77.4 Å². The van der Waals surface area contributed by atoms with Gasteiger partial charge in [0.2, 0.25) is 0 Å². The van der Waals surface area contributed by atoms with E-state index in [1.54, 1.807) is 0 Å². The minimum Gasteiger partial charge on any atom is -0.460 e. The van der Waals surface area contributed by atoms with Gasteiger partial charge in [0.25, 0.3) is 0 Å². The molecule has 2 atom stereocenters. The van der Waals surface area contributed by atoms with Gasteiger partial charge in [-0.1, -0.05) is 40.1 Å². The van der Waals surface area contributed by atoms with E-state index < -0.39 is 30.9 Å². The van der Waals surface area contributed by atoms with E-state index in [1.807, 2.05) is 6.92 Å². The normalized spacial score (nSPS) is 15.4. The molecule has 154 valence electrons. The van der Waals surface area contributed by atoms with Crippen molar-refractivity contribution in [2.75, 3.05) is 19.8 Å². The number of hydrogen-bond donors (Lipinski definition) is 0. The number of ether oxygens (including phenoxy) is 2. The van der Waals surface area contributed by atoms with Gasteiger partial charge in [-0.3, -0.25) is 0 Å². The van der Waals surface area contributed by atoms with E-state index in [0.29, 0.717) is 18.4 Å². The molecule has 0 aromatic rings. The third kappa shape index (κ3) is 10.2. The first-order valence-electron chi connectivity index (χ1n) is 9.50. The Balaban J connectivity index is 4.81. The van der Waals surface area contributed by atoms with Crippen LogP contribution in [0.5, 0.6) is 0 Å². The third-order valence-corrected chi connectivity index (χ3v) is 18.9. The molecule has 0 amide bonds. The van der Waals surface area contributed by atoms with Gasteiger partial charge in [-0.15, -0.1) is 0 Å². The van der Waals surface area contributed by atoms with Crippen LogP contribution in [0.25, 0.3) is 0 Å². The maximum absolute atomic E-state index is 11.3. The fourth-order valence-corrected chi connectivity index (χ4v) is 18.2. The second-order valence-electron chi connectivity index (χ2n) is 8.83. The van der Waals surface area contributed by atoms with E-state index in [1.165, 1.54) is 0 Å². The summed E-state index contributed by atoms with van der Waals surface area (Å²) in [7, 11) is -5.44. The molecule has 0 bridgehead atoms. The lowest BCUT2D eigenvalue weighted by Crippen LogP contribution is -2.54. The molecule has 0 fully saturated rings. The van der Waals surface area contributed by atoms with Gasteiger partial charge in [0.15, 0.2) is 8.32 Å². The second-order valence-corrected chi connectivity index (χ2v) is 23.0. The molecular weight excluding hydrogens is 380 g/mol. The molecular formula is C18H40O5Si3. The minimum absolute atomic E-state index is 0.168. The van der Waals surface area contributed by atoms with Crippen molar-refractivity contribution in [3.8, 4) is 0 Å². The highest BCUT2D eigenvalue weighted by molar-refractivity contribution is 6.96. The molecule has 8 heteroatoms. The van der Waals surface area contributed by atoms with Gasteiger partial charge in [-0.25, -0.2) is 4.79 Å². The summed E-state index contributed by atoms with van der Waals surface area (Å²) in [5.41, 5.74) is 0. The van der Waals surface area contributed by atoms with Crippen LogP contribution in [-0.2, 0) is 22.8 Å². The van der Waals surface area contributed by atoms with E-state index in [4.69, 9.17) is 18.0 Å². The number of rotatable bonds is 13. The van der Waals surface area contributed by atoms with Crippen LogP contribution in [-0.4, -0.2) is 56.8 Å². The predicted octanol–water partition coefficient (Wildman–Crippen LogP) is 4.72. The molecule has 0 aliphatic heterocycles. The highest BCUT2D eigenvalue weighted by atomic mass is 28.5. The van der Waals surface area contributed by atoms with E-state index in [2.05, 4.69) is 59.3 Å². The van der Waals surface area contributed by atoms with E-state index in [-0.39, 0.29) is 12.7 Å². The molecule has 0 radical (unpaired) electrons. The molecule has 5 nitrogen and oxygen atoms in total. The summed E-state index contributed by atoms with van der Waals surface area (Å²) in [6, 6.07) is 0. The van der Waals surface area contributed by atoms with Gasteiger partial charge in [0.1, 0.15) is 12.7 Å². The fraction of sp³-hybridized carbons (Fsp3) is 0.833. The molecule has 0 N–H and O–H groups in total. The zero-order valence-corrected chi connectivity index (χ0v) is 21.3. The summed E-state index contributed by atoms with van der Waals surface area (Å²) in [5.74, 6) is -0.444. The summed E-state index contributed by atoms with van der Waals surface area (Å²) >= 11 is 0. The topological polar surface area (TPSA) is 54.0 Å². The molecule has 0 aliphatic rings. The molecule has 0 aliphatic carbocycles. The maximum Gasteiger partial charge on any atom is 0.330 e. The Kier molecular flexibility index (Phi) is 10.8. The van der Waals surface area contributed by atoms with E-state index >= 15 is 0 Å². The Morgan fingerprint density at radius 1 is 1.08 bits per heavy atom. The lowest BCUT2D eigenvalue weighted by molar-refractivity contribution is -0.143. The van der Waals surface area contributed by atoms with Gasteiger partial charge in [0, 0.05) is 20.8 Å². The number of carbonyl (C=O) groups is 1. The molecule has 0 rings (SSSR count). The largest absolute Gasteiger partial charge is 0.460 e. The summed E-state index contributed by atoms with van der Waals surface area (Å²) in [4.78, 5) is 11.3. The zero-order valence-electron chi connectivity index (χ0n) is 18.3.